The van der Waals surface area contributed by atoms with E-state index in [4.69, 9.17) is 0 Å². The van der Waals surface area contributed by atoms with Crippen LogP contribution in [0.5, 0.6) is 0 Å². The molecule has 0 aliphatic carbocycles. The molecule has 0 aliphatic rings. The summed E-state index contributed by atoms with van der Waals surface area (Å²) in [5.74, 6) is 1.16. The third kappa shape index (κ3) is 3.97. The predicted octanol–water partition coefficient (Wildman–Crippen LogP) is 4.17. The number of fused-ring (bicyclic) bond motifs is 1. The quantitative estimate of drug-likeness (QED) is 0.609. The molecule has 1 heterocycles. The highest BCUT2D eigenvalue weighted by molar-refractivity contribution is 8.01. The largest absolute Gasteiger partial charge is 0.315 e. The molecule has 0 radical (unpaired) electrons. The number of nitrogens with zero attached hydrogens (tertiary/aromatic N) is 1. The van der Waals surface area contributed by atoms with Crippen molar-refractivity contribution in [1.82, 2.24) is 10.3 Å². The molecule has 0 fully saturated rings. The first-order valence-electron chi connectivity index (χ1n) is 6.51. The van der Waals surface area contributed by atoms with Crippen LogP contribution in [0.1, 0.15) is 26.7 Å². The van der Waals surface area contributed by atoms with Crippen LogP contribution >= 0.6 is 23.1 Å². The minimum Gasteiger partial charge on any atom is -0.315 e. The Balaban J connectivity index is 1.76. The van der Waals surface area contributed by atoms with Gasteiger partial charge in [0.25, 0.3) is 0 Å². The highest BCUT2D eigenvalue weighted by atomic mass is 32.2. The van der Waals surface area contributed by atoms with E-state index < -0.39 is 0 Å². The zero-order chi connectivity index (χ0) is 12.8. The molecule has 1 N–H and O–H groups in total. The average Bonchev–Trinajstić information content (AvgIpc) is 2.77. The fourth-order valence-electron chi connectivity index (χ4n) is 1.91. The molecule has 98 valence electrons. The van der Waals surface area contributed by atoms with Crippen molar-refractivity contribution in [3.63, 3.8) is 0 Å². The minimum absolute atomic E-state index is 0.631. The summed E-state index contributed by atoms with van der Waals surface area (Å²) in [5.41, 5.74) is 1.13. The summed E-state index contributed by atoms with van der Waals surface area (Å²) in [5, 5.41) is 3.44. The van der Waals surface area contributed by atoms with Crippen LogP contribution in [0.2, 0.25) is 0 Å². The lowest BCUT2D eigenvalue weighted by Crippen LogP contribution is -2.25. The summed E-state index contributed by atoms with van der Waals surface area (Å²) in [6, 6.07) is 8.99. The number of hydrogen-bond donors (Lipinski definition) is 1. The van der Waals surface area contributed by atoms with Gasteiger partial charge in [0.2, 0.25) is 0 Å². The Bertz CT molecular complexity index is 448. The van der Waals surface area contributed by atoms with E-state index in [-0.39, 0.29) is 0 Å². The number of nitrogens with one attached hydrogen (secondary N) is 1. The molecule has 1 unspecified atom stereocenters. The molecule has 18 heavy (non-hydrogen) atoms. The molecule has 4 heteroatoms. The Morgan fingerprint density at radius 1 is 1.39 bits per heavy atom. The molecule has 0 amide bonds. The van der Waals surface area contributed by atoms with Gasteiger partial charge < -0.3 is 5.32 Å². The lowest BCUT2D eigenvalue weighted by atomic mass is 10.2. The Morgan fingerprint density at radius 3 is 3.00 bits per heavy atom. The summed E-state index contributed by atoms with van der Waals surface area (Å²) >= 11 is 3.69. The summed E-state index contributed by atoms with van der Waals surface area (Å²) < 4.78 is 2.49. The molecular formula is C14H20N2S2. The van der Waals surface area contributed by atoms with Gasteiger partial charge in [-0.05, 0) is 38.4 Å². The van der Waals surface area contributed by atoms with Gasteiger partial charge in [-0.15, -0.1) is 11.3 Å². The second-order valence-electron chi connectivity index (χ2n) is 4.40. The zero-order valence-electron chi connectivity index (χ0n) is 11.0. The SMILES string of the molecule is CCNC(C)CCCSc1nc2ccccc2s1. The topological polar surface area (TPSA) is 24.9 Å². The Kier molecular flexibility index (Phi) is 5.47. The number of benzene rings is 1. The van der Waals surface area contributed by atoms with Gasteiger partial charge in [0.1, 0.15) is 0 Å². The van der Waals surface area contributed by atoms with E-state index in [1.54, 1.807) is 11.3 Å². The van der Waals surface area contributed by atoms with E-state index in [0.717, 1.165) is 17.8 Å². The molecular weight excluding hydrogens is 260 g/mol. The Labute approximate surface area is 117 Å². The number of rotatable bonds is 7. The van der Waals surface area contributed by atoms with Crippen molar-refractivity contribution in [2.75, 3.05) is 12.3 Å². The van der Waals surface area contributed by atoms with Crippen molar-refractivity contribution in [1.29, 1.82) is 0 Å². The second kappa shape index (κ2) is 7.12. The molecule has 0 aliphatic heterocycles. The number of thiazole rings is 1. The van der Waals surface area contributed by atoms with Gasteiger partial charge >= 0.3 is 0 Å². The standard InChI is InChI=1S/C14H20N2S2/c1-3-15-11(2)7-6-10-17-14-16-12-8-4-5-9-13(12)18-14/h4-5,8-9,11,15H,3,6-7,10H2,1-2H3. The third-order valence-electron chi connectivity index (χ3n) is 2.83. The number of para-hydroxylation sites is 1. The average molecular weight is 280 g/mol. The zero-order valence-corrected chi connectivity index (χ0v) is 12.6. The Hall–Kier alpha value is -0.580. The van der Waals surface area contributed by atoms with Crippen LogP contribution in [-0.4, -0.2) is 23.3 Å². The monoisotopic (exact) mass is 280 g/mol. The molecule has 1 aromatic carbocycles. The molecule has 2 aromatic rings. The normalized spacial score (nSPS) is 13.0. The van der Waals surface area contributed by atoms with Crippen molar-refractivity contribution in [2.24, 2.45) is 0 Å². The van der Waals surface area contributed by atoms with E-state index in [2.05, 4.69) is 48.4 Å². The predicted molar refractivity (Wildman–Crippen MR) is 82.7 cm³/mol. The maximum Gasteiger partial charge on any atom is 0.151 e. The molecule has 0 saturated carbocycles. The van der Waals surface area contributed by atoms with Crippen LogP contribution in [0.25, 0.3) is 10.2 Å². The molecule has 0 saturated heterocycles. The summed E-state index contributed by atoms with van der Waals surface area (Å²) in [6.45, 7) is 5.48. The molecule has 2 nitrogen and oxygen atoms in total. The third-order valence-corrected chi connectivity index (χ3v) is 5.10. The van der Waals surface area contributed by atoms with Crippen molar-refractivity contribution in [2.45, 2.75) is 37.1 Å². The highest BCUT2D eigenvalue weighted by Gasteiger charge is 2.04. The van der Waals surface area contributed by atoms with E-state index in [0.29, 0.717) is 6.04 Å². The van der Waals surface area contributed by atoms with Crippen molar-refractivity contribution < 1.29 is 0 Å². The summed E-state index contributed by atoms with van der Waals surface area (Å²) in [4.78, 5) is 4.63. The van der Waals surface area contributed by atoms with E-state index >= 15 is 0 Å². The first-order valence-corrected chi connectivity index (χ1v) is 8.31. The van der Waals surface area contributed by atoms with Crippen LogP contribution in [0.4, 0.5) is 0 Å². The van der Waals surface area contributed by atoms with Crippen LogP contribution in [0.3, 0.4) is 0 Å². The maximum absolute atomic E-state index is 4.63. The lowest BCUT2D eigenvalue weighted by Gasteiger charge is -2.10. The lowest BCUT2D eigenvalue weighted by molar-refractivity contribution is 0.526. The van der Waals surface area contributed by atoms with Gasteiger partial charge in [-0.3, -0.25) is 0 Å². The van der Waals surface area contributed by atoms with Gasteiger partial charge in [-0.1, -0.05) is 30.8 Å². The van der Waals surface area contributed by atoms with Crippen LogP contribution < -0.4 is 5.32 Å². The minimum atomic E-state index is 0.631. The first-order chi connectivity index (χ1) is 8.79. The summed E-state index contributed by atoms with van der Waals surface area (Å²) in [7, 11) is 0. The van der Waals surface area contributed by atoms with Gasteiger partial charge in [-0.25, -0.2) is 4.98 Å². The Morgan fingerprint density at radius 2 is 2.22 bits per heavy atom. The summed E-state index contributed by atoms with van der Waals surface area (Å²) in [6.07, 6.45) is 2.49. The van der Waals surface area contributed by atoms with Crippen LogP contribution in [0, 0.1) is 0 Å². The number of thioether (sulfide) groups is 1. The van der Waals surface area contributed by atoms with Crippen LogP contribution in [-0.2, 0) is 0 Å². The number of aromatic nitrogens is 1. The van der Waals surface area contributed by atoms with Gasteiger partial charge in [-0.2, -0.15) is 0 Å². The van der Waals surface area contributed by atoms with E-state index in [1.807, 2.05) is 11.8 Å². The van der Waals surface area contributed by atoms with E-state index in [9.17, 15) is 0 Å². The highest BCUT2D eigenvalue weighted by Crippen LogP contribution is 2.29. The van der Waals surface area contributed by atoms with Crippen molar-refractivity contribution in [3.05, 3.63) is 24.3 Å². The van der Waals surface area contributed by atoms with Gasteiger partial charge in [0, 0.05) is 11.8 Å². The molecule has 1 aromatic heterocycles. The van der Waals surface area contributed by atoms with E-state index in [1.165, 1.54) is 21.9 Å². The molecule has 0 bridgehead atoms. The van der Waals surface area contributed by atoms with Crippen molar-refractivity contribution in [3.8, 4) is 0 Å². The maximum atomic E-state index is 4.63. The van der Waals surface area contributed by atoms with Gasteiger partial charge in [0.05, 0.1) is 10.2 Å². The molecule has 1 atom stereocenters. The fourth-order valence-corrected chi connectivity index (χ4v) is 4.01. The number of hydrogen-bond acceptors (Lipinski definition) is 4. The van der Waals surface area contributed by atoms with Crippen LogP contribution in [0.15, 0.2) is 28.6 Å². The molecule has 2 rings (SSSR count). The fraction of sp³-hybridized carbons (Fsp3) is 0.500. The molecule has 0 spiro atoms. The smallest absolute Gasteiger partial charge is 0.151 e. The van der Waals surface area contributed by atoms with Crippen molar-refractivity contribution >= 4 is 33.3 Å². The van der Waals surface area contributed by atoms with Gasteiger partial charge in [0.15, 0.2) is 4.34 Å². The first kappa shape index (κ1) is 13.8. The second-order valence-corrected chi connectivity index (χ2v) is 6.77.